The van der Waals surface area contributed by atoms with Gasteiger partial charge in [-0.15, -0.1) is 0 Å². The summed E-state index contributed by atoms with van der Waals surface area (Å²) in [5.41, 5.74) is 14.1. The highest BCUT2D eigenvalue weighted by molar-refractivity contribution is 6.02. The van der Waals surface area contributed by atoms with Crippen LogP contribution in [0.25, 0.3) is 33.1 Å². The first-order valence-corrected chi connectivity index (χ1v) is 11.4. The van der Waals surface area contributed by atoms with Crippen LogP contribution in [0.4, 0.5) is 0 Å². The molecule has 4 aromatic rings. The number of aromatic amines is 1. The van der Waals surface area contributed by atoms with Crippen molar-refractivity contribution in [2.45, 2.75) is 52.9 Å². The summed E-state index contributed by atoms with van der Waals surface area (Å²) in [6.45, 7) is 9.89. The molecule has 162 valence electrons. The molecule has 0 saturated carbocycles. The Morgan fingerprint density at radius 3 is 2.61 bits per heavy atom. The molecule has 0 fully saturated rings. The molecule has 3 N–H and O–H groups in total. The van der Waals surface area contributed by atoms with Crippen LogP contribution in [-0.4, -0.2) is 23.1 Å². The Hall–Kier alpha value is -2.85. The molecule has 0 saturated heterocycles. The molecular weight excluding hydrogens is 382 g/mol. The Bertz CT molecular complexity index is 1210. The van der Waals surface area contributed by atoms with Gasteiger partial charge in [-0.3, -0.25) is 0 Å². The zero-order chi connectivity index (χ0) is 22.0. The number of ether oxygens (including phenoxy) is 1. The second-order valence-electron chi connectivity index (χ2n) is 8.54. The number of pyridine rings is 1. The molecule has 0 aliphatic carbocycles. The van der Waals surface area contributed by atoms with E-state index in [4.69, 9.17) is 15.5 Å². The van der Waals surface area contributed by atoms with E-state index < -0.39 is 0 Å². The predicted molar refractivity (Wildman–Crippen MR) is 131 cm³/mol. The van der Waals surface area contributed by atoms with Crippen molar-refractivity contribution in [3.05, 3.63) is 59.3 Å². The lowest BCUT2D eigenvalue weighted by Crippen LogP contribution is -2.00. The smallest absolute Gasteiger partial charge is 0.145 e. The van der Waals surface area contributed by atoms with Gasteiger partial charge < -0.3 is 15.5 Å². The number of fused-ring (bicyclic) bond motifs is 2. The summed E-state index contributed by atoms with van der Waals surface area (Å²) in [6.07, 6.45) is 3.11. The molecule has 4 heteroatoms. The monoisotopic (exact) mass is 415 g/mol. The predicted octanol–water partition coefficient (Wildman–Crippen LogP) is 6.50. The summed E-state index contributed by atoms with van der Waals surface area (Å²) in [5.74, 6) is 1.29. The summed E-state index contributed by atoms with van der Waals surface area (Å²) in [7, 11) is 0. The lowest BCUT2D eigenvalue weighted by molar-refractivity contribution is 0.343. The first-order valence-electron chi connectivity index (χ1n) is 11.4. The maximum atomic E-state index is 5.90. The Kier molecular flexibility index (Phi) is 6.28. The van der Waals surface area contributed by atoms with Crippen molar-refractivity contribution >= 4 is 21.8 Å². The standard InChI is InChI=1S/C27H33N3O/c1-5-31-24-15-14-22(23-13-12-18(4)29-27(23)24)26-20(9-6-7-16-28)21-11-8-10-19(17(2)3)25(21)30-26/h8,10-15,17,30H,5-7,9,16,28H2,1-4H3. The second-order valence-corrected chi connectivity index (χ2v) is 8.54. The highest BCUT2D eigenvalue weighted by Crippen LogP contribution is 2.39. The molecule has 0 aliphatic rings. The Morgan fingerprint density at radius 2 is 1.87 bits per heavy atom. The van der Waals surface area contributed by atoms with Gasteiger partial charge in [-0.25, -0.2) is 4.98 Å². The van der Waals surface area contributed by atoms with Crippen molar-refractivity contribution in [2.24, 2.45) is 5.73 Å². The average Bonchev–Trinajstić information content (AvgIpc) is 3.12. The lowest BCUT2D eigenvalue weighted by Gasteiger charge is -2.12. The minimum atomic E-state index is 0.452. The zero-order valence-corrected chi connectivity index (χ0v) is 19.1. The van der Waals surface area contributed by atoms with Crippen LogP contribution >= 0.6 is 0 Å². The van der Waals surface area contributed by atoms with E-state index in [-0.39, 0.29) is 0 Å². The third kappa shape index (κ3) is 4.05. The van der Waals surface area contributed by atoms with Crippen molar-refractivity contribution in [3.63, 3.8) is 0 Å². The summed E-state index contributed by atoms with van der Waals surface area (Å²) < 4.78 is 5.90. The lowest BCUT2D eigenvalue weighted by atomic mass is 9.95. The molecule has 31 heavy (non-hydrogen) atoms. The molecular formula is C27H33N3O. The SMILES string of the molecule is CCOc1ccc(-c2[nH]c3c(C(C)C)cccc3c2CCCCN)c2ccc(C)nc12. The second kappa shape index (κ2) is 9.11. The number of nitrogens with one attached hydrogen (secondary N) is 1. The summed E-state index contributed by atoms with van der Waals surface area (Å²) in [5, 5.41) is 2.44. The number of unbranched alkanes of at least 4 members (excludes halogenated alkanes) is 1. The summed E-state index contributed by atoms with van der Waals surface area (Å²) in [4.78, 5) is 8.65. The van der Waals surface area contributed by atoms with Crippen molar-refractivity contribution in [3.8, 4) is 17.0 Å². The minimum absolute atomic E-state index is 0.452. The maximum absolute atomic E-state index is 5.90. The number of benzene rings is 2. The number of hydrogen-bond donors (Lipinski definition) is 2. The van der Waals surface area contributed by atoms with E-state index in [1.807, 2.05) is 13.8 Å². The number of nitrogens with zero attached hydrogens (tertiary/aromatic N) is 1. The Labute approximate surface area is 184 Å². The van der Waals surface area contributed by atoms with Crippen LogP contribution in [0.5, 0.6) is 5.75 Å². The first kappa shape index (κ1) is 21.4. The van der Waals surface area contributed by atoms with Gasteiger partial charge in [0, 0.05) is 27.5 Å². The molecule has 0 unspecified atom stereocenters. The fourth-order valence-corrected chi connectivity index (χ4v) is 4.49. The van der Waals surface area contributed by atoms with Gasteiger partial charge in [0.05, 0.1) is 12.3 Å². The van der Waals surface area contributed by atoms with Crippen LogP contribution in [0.15, 0.2) is 42.5 Å². The Morgan fingerprint density at radius 1 is 1.03 bits per heavy atom. The Balaban J connectivity index is 1.99. The van der Waals surface area contributed by atoms with E-state index >= 15 is 0 Å². The summed E-state index contributed by atoms with van der Waals surface area (Å²) >= 11 is 0. The fraction of sp³-hybridized carbons (Fsp3) is 0.370. The van der Waals surface area contributed by atoms with Crippen LogP contribution in [-0.2, 0) is 6.42 Å². The van der Waals surface area contributed by atoms with Gasteiger partial charge in [-0.05, 0) is 74.9 Å². The maximum Gasteiger partial charge on any atom is 0.145 e. The molecule has 0 amide bonds. The third-order valence-electron chi connectivity index (χ3n) is 6.01. The van der Waals surface area contributed by atoms with Gasteiger partial charge in [0.15, 0.2) is 0 Å². The first-order chi connectivity index (χ1) is 15.0. The largest absolute Gasteiger partial charge is 0.492 e. The molecule has 2 aromatic carbocycles. The number of hydrogen-bond acceptors (Lipinski definition) is 3. The molecule has 0 spiro atoms. The number of nitrogens with two attached hydrogens (primary N) is 1. The molecule has 0 atom stereocenters. The van der Waals surface area contributed by atoms with Crippen LogP contribution < -0.4 is 10.5 Å². The summed E-state index contributed by atoms with van der Waals surface area (Å²) in [6, 6.07) is 15.2. The van der Waals surface area contributed by atoms with Crippen LogP contribution in [0.1, 0.15) is 56.4 Å². The molecule has 0 aliphatic heterocycles. The molecule has 4 nitrogen and oxygen atoms in total. The third-order valence-corrected chi connectivity index (χ3v) is 6.01. The fourth-order valence-electron chi connectivity index (χ4n) is 4.49. The number of H-pyrrole nitrogens is 1. The quantitative estimate of drug-likeness (QED) is 0.323. The topological polar surface area (TPSA) is 63.9 Å². The molecule has 0 bridgehead atoms. The number of aromatic nitrogens is 2. The van der Waals surface area contributed by atoms with Gasteiger partial charge in [-0.2, -0.15) is 0 Å². The van der Waals surface area contributed by atoms with Crippen molar-refractivity contribution < 1.29 is 4.74 Å². The van der Waals surface area contributed by atoms with Gasteiger partial charge in [0.25, 0.3) is 0 Å². The van der Waals surface area contributed by atoms with E-state index in [2.05, 4.69) is 61.3 Å². The number of para-hydroxylation sites is 1. The van der Waals surface area contributed by atoms with Gasteiger partial charge in [0.2, 0.25) is 0 Å². The van der Waals surface area contributed by atoms with E-state index in [1.54, 1.807) is 0 Å². The molecule has 2 aromatic heterocycles. The van der Waals surface area contributed by atoms with E-state index in [0.29, 0.717) is 12.5 Å². The average molecular weight is 416 g/mol. The number of aryl methyl sites for hydroxylation is 2. The van der Waals surface area contributed by atoms with Gasteiger partial charge >= 0.3 is 0 Å². The van der Waals surface area contributed by atoms with E-state index in [9.17, 15) is 0 Å². The van der Waals surface area contributed by atoms with Crippen LogP contribution in [0.3, 0.4) is 0 Å². The highest BCUT2D eigenvalue weighted by atomic mass is 16.5. The van der Waals surface area contributed by atoms with Gasteiger partial charge in [0.1, 0.15) is 11.3 Å². The normalized spacial score (nSPS) is 11.7. The van der Waals surface area contributed by atoms with Crippen molar-refractivity contribution in [1.29, 1.82) is 0 Å². The zero-order valence-electron chi connectivity index (χ0n) is 19.1. The van der Waals surface area contributed by atoms with Gasteiger partial charge in [-0.1, -0.05) is 38.1 Å². The van der Waals surface area contributed by atoms with E-state index in [0.717, 1.165) is 48.2 Å². The molecule has 4 rings (SSSR count). The minimum Gasteiger partial charge on any atom is -0.492 e. The van der Waals surface area contributed by atoms with Crippen LogP contribution in [0.2, 0.25) is 0 Å². The molecule has 2 heterocycles. The van der Waals surface area contributed by atoms with Crippen molar-refractivity contribution in [2.75, 3.05) is 13.2 Å². The number of rotatable bonds is 8. The van der Waals surface area contributed by atoms with Crippen LogP contribution in [0, 0.1) is 6.92 Å². The van der Waals surface area contributed by atoms with E-state index in [1.165, 1.54) is 33.3 Å². The highest BCUT2D eigenvalue weighted by Gasteiger charge is 2.19. The molecule has 0 radical (unpaired) electrons. The van der Waals surface area contributed by atoms with Crippen molar-refractivity contribution in [1.82, 2.24) is 9.97 Å².